The minimum atomic E-state index is -0.238. The molecule has 1 N–H and O–H groups in total. The molecule has 0 fully saturated rings. The van der Waals surface area contributed by atoms with E-state index in [1.54, 1.807) is 20.1 Å². The van der Waals surface area contributed by atoms with Gasteiger partial charge in [-0.25, -0.2) is 4.39 Å². The van der Waals surface area contributed by atoms with Gasteiger partial charge in [0, 0.05) is 25.8 Å². The first-order chi connectivity index (χ1) is 10.7. The number of aliphatic hydroxyl groups excluding tert-OH is 1. The van der Waals surface area contributed by atoms with E-state index in [2.05, 4.69) is 0 Å². The third-order valence-corrected chi connectivity index (χ3v) is 3.60. The van der Waals surface area contributed by atoms with E-state index in [4.69, 9.17) is 14.3 Å². The van der Waals surface area contributed by atoms with Crippen LogP contribution in [0.25, 0.3) is 11.3 Å². The number of rotatable bonds is 8. The number of hydrogen-bond acceptors (Lipinski definition) is 4. The molecular weight excluding hydrogens is 285 g/mol. The summed E-state index contributed by atoms with van der Waals surface area (Å²) in [4.78, 5) is 2.05. The summed E-state index contributed by atoms with van der Waals surface area (Å²) in [6.07, 6.45) is 0. The molecule has 0 aliphatic carbocycles. The first kappa shape index (κ1) is 16.7. The van der Waals surface area contributed by atoms with Crippen LogP contribution in [-0.2, 0) is 11.3 Å². The highest BCUT2D eigenvalue weighted by Crippen LogP contribution is 2.27. The van der Waals surface area contributed by atoms with Crippen LogP contribution < -0.4 is 0 Å². The predicted molar refractivity (Wildman–Crippen MR) is 83.1 cm³/mol. The fourth-order valence-corrected chi connectivity index (χ4v) is 2.33. The number of aliphatic hydroxyl groups is 1. The van der Waals surface area contributed by atoms with Crippen molar-refractivity contribution in [1.29, 1.82) is 0 Å². The molecule has 1 aromatic heterocycles. The Morgan fingerprint density at radius 1 is 1.23 bits per heavy atom. The largest absolute Gasteiger partial charge is 0.460 e. The second kappa shape index (κ2) is 8.08. The maximum atomic E-state index is 13.6. The molecular formula is C17H22FNO3. The summed E-state index contributed by atoms with van der Waals surface area (Å²) in [6, 6.07) is 8.70. The Balaban J connectivity index is 2.11. The lowest BCUT2D eigenvalue weighted by Crippen LogP contribution is -2.29. The van der Waals surface area contributed by atoms with E-state index in [1.165, 1.54) is 6.07 Å². The van der Waals surface area contributed by atoms with E-state index in [1.807, 2.05) is 23.1 Å². The molecule has 0 bridgehead atoms. The van der Waals surface area contributed by atoms with Crippen molar-refractivity contribution in [3.05, 3.63) is 47.5 Å². The van der Waals surface area contributed by atoms with Crippen molar-refractivity contribution >= 4 is 0 Å². The van der Waals surface area contributed by atoms with E-state index in [0.717, 1.165) is 11.3 Å². The number of nitrogens with zero attached hydrogens (tertiary/aromatic N) is 1. The minimum Gasteiger partial charge on any atom is -0.460 e. The topological polar surface area (TPSA) is 45.8 Å². The molecule has 0 saturated heterocycles. The van der Waals surface area contributed by atoms with Gasteiger partial charge >= 0.3 is 0 Å². The predicted octanol–water partition coefficient (Wildman–Crippen LogP) is 2.83. The molecule has 1 heterocycles. The normalized spacial score (nSPS) is 11.3. The molecule has 0 unspecified atom stereocenters. The average molecular weight is 307 g/mol. The van der Waals surface area contributed by atoms with E-state index in [-0.39, 0.29) is 12.4 Å². The minimum absolute atomic E-state index is 0.0836. The van der Waals surface area contributed by atoms with Crippen LogP contribution in [0.15, 0.2) is 34.7 Å². The molecule has 2 aromatic rings. The Morgan fingerprint density at radius 3 is 2.77 bits per heavy atom. The standard InChI is InChI=1S/C17H22FNO3/c1-13-15(4-3-5-16(13)18)17-7-6-14(22-17)12-19(8-10-20)9-11-21-2/h3-7,20H,8-12H2,1-2H3. The Bertz CT molecular complexity index is 597. The number of methoxy groups -OCH3 is 1. The van der Waals surface area contributed by atoms with Crippen molar-refractivity contribution in [3.8, 4) is 11.3 Å². The highest BCUT2D eigenvalue weighted by molar-refractivity contribution is 5.62. The fraction of sp³-hybridized carbons (Fsp3) is 0.412. The van der Waals surface area contributed by atoms with Gasteiger partial charge in [0.15, 0.2) is 0 Å². The molecule has 0 saturated carbocycles. The van der Waals surface area contributed by atoms with Gasteiger partial charge in [0.1, 0.15) is 17.3 Å². The molecule has 2 rings (SSSR count). The van der Waals surface area contributed by atoms with Gasteiger partial charge in [-0.2, -0.15) is 0 Å². The molecule has 0 aliphatic rings. The molecule has 0 radical (unpaired) electrons. The lowest BCUT2D eigenvalue weighted by atomic mass is 10.1. The van der Waals surface area contributed by atoms with E-state index < -0.39 is 0 Å². The second-order valence-corrected chi connectivity index (χ2v) is 5.17. The Labute approximate surface area is 130 Å². The number of halogens is 1. The van der Waals surface area contributed by atoms with Crippen LogP contribution in [0.3, 0.4) is 0 Å². The maximum absolute atomic E-state index is 13.6. The van der Waals surface area contributed by atoms with Crippen molar-refractivity contribution in [2.75, 3.05) is 33.4 Å². The highest BCUT2D eigenvalue weighted by Gasteiger charge is 2.12. The molecule has 4 nitrogen and oxygen atoms in total. The van der Waals surface area contributed by atoms with Gasteiger partial charge < -0.3 is 14.3 Å². The van der Waals surface area contributed by atoms with Crippen molar-refractivity contribution in [3.63, 3.8) is 0 Å². The van der Waals surface area contributed by atoms with Gasteiger partial charge in [0.05, 0.1) is 19.8 Å². The van der Waals surface area contributed by atoms with E-state index >= 15 is 0 Å². The van der Waals surface area contributed by atoms with Gasteiger partial charge in [-0.15, -0.1) is 0 Å². The Morgan fingerprint density at radius 2 is 2.05 bits per heavy atom. The maximum Gasteiger partial charge on any atom is 0.134 e. The van der Waals surface area contributed by atoms with Crippen molar-refractivity contribution in [2.45, 2.75) is 13.5 Å². The van der Waals surface area contributed by atoms with Crippen LogP contribution in [0.1, 0.15) is 11.3 Å². The van der Waals surface area contributed by atoms with E-state index in [0.29, 0.717) is 37.6 Å². The van der Waals surface area contributed by atoms with E-state index in [9.17, 15) is 4.39 Å². The molecule has 0 aliphatic heterocycles. The summed E-state index contributed by atoms with van der Waals surface area (Å²) in [5, 5.41) is 9.11. The number of benzene rings is 1. The summed E-state index contributed by atoms with van der Waals surface area (Å²) in [5.41, 5.74) is 1.34. The fourth-order valence-electron chi connectivity index (χ4n) is 2.33. The molecule has 0 amide bonds. The van der Waals surface area contributed by atoms with Gasteiger partial charge in [0.25, 0.3) is 0 Å². The van der Waals surface area contributed by atoms with Crippen LogP contribution in [0.2, 0.25) is 0 Å². The van der Waals surface area contributed by atoms with Crippen LogP contribution >= 0.6 is 0 Å². The van der Waals surface area contributed by atoms with Crippen LogP contribution in [0, 0.1) is 12.7 Å². The lowest BCUT2D eigenvalue weighted by molar-refractivity contribution is 0.122. The average Bonchev–Trinajstić information content (AvgIpc) is 2.96. The highest BCUT2D eigenvalue weighted by atomic mass is 19.1. The number of hydrogen-bond donors (Lipinski definition) is 1. The lowest BCUT2D eigenvalue weighted by Gasteiger charge is -2.19. The zero-order chi connectivity index (χ0) is 15.9. The van der Waals surface area contributed by atoms with Crippen molar-refractivity contribution in [2.24, 2.45) is 0 Å². The summed E-state index contributed by atoms with van der Waals surface area (Å²) in [5.74, 6) is 1.20. The van der Waals surface area contributed by atoms with Crippen LogP contribution in [0.5, 0.6) is 0 Å². The Kier molecular flexibility index (Phi) is 6.12. The van der Waals surface area contributed by atoms with Crippen molar-refractivity contribution in [1.82, 2.24) is 4.90 Å². The molecule has 0 atom stereocenters. The summed E-state index contributed by atoms with van der Waals surface area (Å²) in [7, 11) is 1.65. The van der Waals surface area contributed by atoms with Gasteiger partial charge in [-0.3, -0.25) is 4.90 Å². The smallest absolute Gasteiger partial charge is 0.134 e. The molecule has 0 spiro atoms. The molecule has 5 heteroatoms. The second-order valence-electron chi connectivity index (χ2n) is 5.17. The first-order valence-corrected chi connectivity index (χ1v) is 7.32. The van der Waals surface area contributed by atoms with Gasteiger partial charge in [0.2, 0.25) is 0 Å². The SMILES string of the molecule is COCCN(CCO)Cc1ccc(-c2cccc(F)c2C)o1. The number of furan rings is 1. The zero-order valence-corrected chi connectivity index (χ0v) is 13.0. The van der Waals surface area contributed by atoms with Crippen LogP contribution in [0.4, 0.5) is 4.39 Å². The first-order valence-electron chi connectivity index (χ1n) is 7.32. The summed E-state index contributed by atoms with van der Waals surface area (Å²) >= 11 is 0. The Hall–Kier alpha value is -1.69. The summed E-state index contributed by atoms with van der Waals surface area (Å²) < 4.78 is 24.5. The molecule has 22 heavy (non-hydrogen) atoms. The third kappa shape index (κ3) is 4.16. The summed E-state index contributed by atoms with van der Waals surface area (Å²) in [6.45, 7) is 4.27. The zero-order valence-electron chi connectivity index (χ0n) is 13.0. The molecule has 120 valence electrons. The monoisotopic (exact) mass is 307 g/mol. The number of ether oxygens (including phenoxy) is 1. The van der Waals surface area contributed by atoms with Gasteiger partial charge in [-0.1, -0.05) is 12.1 Å². The molecule has 1 aromatic carbocycles. The van der Waals surface area contributed by atoms with Crippen LogP contribution in [-0.4, -0.2) is 43.4 Å². The third-order valence-electron chi connectivity index (χ3n) is 3.60. The van der Waals surface area contributed by atoms with Crippen molar-refractivity contribution < 1.29 is 18.7 Å². The van der Waals surface area contributed by atoms with Gasteiger partial charge in [-0.05, 0) is 30.7 Å². The quantitative estimate of drug-likeness (QED) is 0.814.